The third-order valence-corrected chi connectivity index (χ3v) is 5.66. The van der Waals surface area contributed by atoms with Gasteiger partial charge in [-0.05, 0) is 69.4 Å². The largest absolute Gasteiger partial charge is 0.490 e. The Morgan fingerprint density at radius 3 is 2.80 bits per heavy atom. The fourth-order valence-corrected chi connectivity index (χ4v) is 3.76. The maximum atomic E-state index is 12.5. The molecule has 2 heterocycles. The fraction of sp³-hybridized carbons (Fsp3) is 0.440. The number of hydrogen-bond acceptors (Lipinski definition) is 4. The van der Waals surface area contributed by atoms with Crippen LogP contribution in [0.2, 0.25) is 0 Å². The fourth-order valence-electron chi connectivity index (χ4n) is 3.76. The van der Waals surface area contributed by atoms with Crippen LogP contribution in [0.1, 0.15) is 55.5 Å². The summed E-state index contributed by atoms with van der Waals surface area (Å²) in [5, 5.41) is 2.94. The second-order valence-electron chi connectivity index (χ2n) is 8.27. The van der Waals surface area contributed by atoms with Gasteiger partial charge in [-0.3, -0.25) is 9.78 Å². The molecule has 160 valence electrons. The predicted octanol–water partition coefficient (Wildman–Crippen LogP) is 4.60. The van der Waals surface area contributed by atoms with Crippen molar-refractivity contribution in [3.8, 4) is 5.75 Å². The van der Waals surface area contributed by atoms with Gasteiger partial charge in [-0.1, -0.05) is 17.7 Å². The van der Waals surface area contributed by atoms with Gasteiger partial charge in [0.1, 0.15) is 11.9 Å². The summed E-state index contributed by atoms with van der Waals surface area (Å²) in [5.74, 6) is 0.656. The summed E-state index contributed by atoms with van der Waals surface area (Å²) >= 11 is 0. The van der Waals surface area contributed by atoms with Crippen molar-refractivity contribution in [1.29, 1.82) is 0 Å². The lowest BCUT2D eigenvalue weighted by Gasteiger charge is -2.36. The number of carbonyl (C=O) groups is 1. The number of piperidine rings is 1. The molecule has 1 fully saturated rings. The van der Waals surface area contributed by atoms with Gasteiger partial charge in [0.15, 0.2) is 0 Å². The zero-order valence-corrected chi connectivity index (χ0v) is 18.1. The van der Waals surface area contributed by atoms with E-state index < -0.39 is 0 Å². The van der Waals surface area contributed by atoms with Crippen molar-refractivity contribution in [1.82, 2.24) is 15.2 Å². The molecule has 1 atom stereocenters. The van der Waals surface area contributed by atoms with Gasteiger partial charge < -0.3 is 15.0 Å². The molecule has 0 spiro atoms. The molecule has 5 heteroatoms. The third kappa shape index (κ3) is 6.70. The van der Waals surface area contributed by atoms with Crippen LogP contribution in [0.3, 0.4) is 0 Å². The summed E-state index contributed by atoms with van der Waals surface area (Å²) in [5.41, 5.74) is 2.84. The SMILES string of the molecule is C=C(C)CCC(C)N1CCC(Oc2cccc(C(=O)NCc3cccnc3)c2)CC1. The molecule has 1 aromatic heterocycles. The van der Waals surface area contributed by atoms with Crippen molar-refractivity contribution in [3.63, 3.8) is 0 Å². The molecule has 3 rings (SSSR count). The summed E-state index contributed by atoms with van der Waals surface area (Å²) in [4.78, 5) is 19.1. The van der Waals surface area contributed by atoms with Gasteiger partial charge in [0.25, 0.3) is 5.91 Å². The minimum absolute atomic E-state index is 0.106. The topological polar surface area (TPSA) is 54.5 Å². The molecule has 0 radical (unpaired) electrons. The Morgan fingerprint density at radius 1 is 1.30 bits per heavy atom. The summed E-state index contributed by atoms with van der Waals surface area (Å²) in [6.07, 6.45) is 7.95. The third-order valence-electron chi connectivity index (χ3n) is 5.66. The van der Waals surface area contributed by atoms with Gasteiger partial charge in [0, 0.05) is 43.6 Å². The van der Waals surface area contributed by atoms with Gasteiger partial charge in [-0.25, -0.2) is 0 Å². The number of nitrogens with one attached hydrogen (secondary N) is 1. The summed E-state index contributed by atoms with van der Waals surface area (Å²) in [7, 11) is 0. The zero-order chi connectivity index (χ0) is 21.3. The van der Waals surface area contributed by atoms with Crippen LogP contribution >= 0.6 is 0 Å². The molecule has 0 saturated carbocycles. The van der Waals surface area contributed by atoms with E-state index in [0.29, 0.717) is 18.2 Å². The van der Waals surface area contributed by atoms with Crippen LogP contribution in [0.15, 0.2) is 60.9 Å². The number of nitrogens with zero attached hydrogens (tertiary/aromatic N) is 2. The molecule has 1 aromatic carbocycles. The van der Waals surface area contributed by atoms with E-state index in [1.165, 1.54) is 5.57 Å². The van der Waals surface area contributed by atoms with E-state index in [-0.39, 0.29) is 12.0 Å². The van der Waals surface area contributed by atoms with Crippen LogP contribution in [0.4, 0.5) is 0 Å². The maximum absolute atomic E-state index is 12.5. The van der Waals surface area contributed by atoms with Crippen molar-refractivity contribution in [3.05, 3.63) is 72.1 Å². The van der Waals surface area contributed by atoms with Crippen molar-refractivity contribution < 1.29 is 9.53 Å². The highest BCUT2D eigenvalue weighted by Gasteiger charge is 2.23. The van der Waals surface area contributed by atoms with Crippen LogP contribution in [0.5, 0.6) is 5.75 Å². The molecular formula is C25H33N3O2. The number of carbonyl (C=O) groups excluding carboxylic acids is 1. The molecule has 1 aliphatic rings. The van der Waals surface area contributed by atoms with Crippen LogP contribution in [0, 0.1) is 0 Å². The summed E-state index contributed by atoms with van der Waals surface area (Å²) in [6, 6.07) is 11.8. The molecule has 2 aromatic rings. The number of hydrogen-bond donors (Lipinski definition) is 1. The molecular weight excluding hydrogens is 374 g/mol. The molecule has 1 N–H and O–H groups in total. The van der Waals surface area contributed by atoms with Gasteiger partial charge in [0.2, 0.25) is 0 Å². The predicted molar refractivity (Wildman–Crippen MR) is 121 cm³/mol. The number of rotatable bonds is 9. The smallest absolute Gasteiger partial charge is 0.251 e. The van der Waals surface area contributed by atoms with Gasteiger partial charge in [-0.2, -0.15) is 0 Å². The molecule has 0 bridgehead atoms. The first-order valence-electron chi connectivity index (χ1n) is 10.8. The van der Waals surface area contributed by atoms with E-state index in [2.05, 4.69) is 35.6 Å². The Hall–Kier alpha value is -2.66. The summed E-state index contributed by atoms with van der Waals surface area (Å²) in [6.45, 7) is 11.0. The normalized spacial score (nSPS) is 16.1. The van der Waals surface area contributed by atoms with Gasteiger partial charge in [0.05, 0.1) is 0 Å². The average molecular weight is 408 g/mol. The average Bonchev–Trinajstić information content (AvgIpc) is 2.77. The summed E-state index contributed by atoms with van der Waals surface area (Å²) < 4.78 is 6.20. The Morgan fingerprint density at radius 2 is 2.10 bits per heavy atom. The lowest BCUT2D eigenvalue weighted by Crippen LogP contribution is -2.43. The van der Waals surface area contributed by atoms with Gasteiger partial charge in [-0.15, -0.1) is 6.58 Å². The number of ether oxygens (including phenoxy) is 1. The minimum Gasteiger partial charge on any atom is -0.490 e. The van der Waals surface area contributed by atoms with E-state index in [9.17, 15) is 4.79 Å². The highest BCUT2D eigenvalue weighted by Crippen LogP contribution is 2.22. The van der Waals surface area contributed by atoms with Crippen molar-refractivity contribution in [2.24, 2.45) is 0 Å². The lowest BCUT2D eigenvalue weighted by atomic mass is 10.0. The number of amides is 1. The Bertz CT molecular complexity index is 829. The molecule has 5 nitrogen and oxygen atoms in total. The second-order valence-corrected chi connectivity index (χ2v) is 8.27. The van der Waals surface area contributed by atoms with E-state index in [0.717, 1.165) is 50.1 Å². The standard InChI is InChI=1S/C25H33N3O2/c1-19(2)9-10-20(3)28-14-11-23(12-15-28)30-24-8-4-7-22(16-24)25(29)27-18-21-6-5-13-26-17-21/h4-8,13,16-17,20,23H,1,9-12,14-15,18H2,2-3H3,(H,27,29). The number of likely N-dealkylation sites (tertiary alicyclic amines) is 1. The highest BCUT2D eigenvalue weighted by atomic mass is 16.5. The number of pyridine rings is 1. The highest BCUT2D eigenvalue weighted by molar-refractivity contribution is 5.94. The molecule has 1 aliphatic heterocycles. The molecule has 0 aliphatic carbocycles. The van der Waals surface area contributed by atoms with Crippen molar-refractivity contribution in [2.45, 2.75) is 58.2 Å². The van der Waals surface area contributed by atoms with Crippen molar-refractivity contribution >= 4 is 5.91 Å². The molecule has 1 unspecified atom stereocenters. The van der Waals surface area contributed by atoms with E-state index in [1.54, 1.807) is 12.4 Å². The van der Waals surface area contributed by atoms with E-state index >= 15 is 0 Å². The van der Waals surface area contributed by atoms with E-state index in [4.69, 9.17) is 4.74 Å². The Labute approximate surface area is 180 Å². The van der Waals surface area contributed by atoms with Crippen LogP contribution in [-0.2, 0) is 6.54 Å². The molecule has 1 saturated heterocycles. The minimum atomic E-state index is -0.106. The molecule has 30 heavy (non-hydrogen) atoms. The first kappa shape index (κ1) is 22.0. The van der Waals surface area contributed by atoms with Gasteiger partial charge >= 0.3 is 0 Å². The maximum Gasteiger partial charge on any atom is 0.251 e. The number of benzene rings is 1. The van der Waals surface area contributed by atoms with Crippen LogP contribution in [-0.4, -0.2) is 41.0 Å². The number of aromatic nitrogens is 1. The Kier molecular flexibility index (Phi) is 8.03. The van der Waals surface area contributed by atoms with Crippen molar-refractivity contribution in [2.75, 3.05) is 13.1 Å². The van der Waals surface area contributed by atoms with Crippen LogP contribution < -0.4 is 10.1 Å². The molecule has 1 amide bonds. The quantitative estimate of drug-likeness (QED) is 0.617. The number of allylic oxidation sites excluding steroid dienone is 1. The zero-order valence-electron chi connectivity index (χ0n) is 18.1. The van der Waals surface area contributed by atoms with E-state index in [1.807, 2.05) is 36.4 Å². The monoisotopic (exact) mass is 407 g/mol. The first-order valence-corrected chi connectivity index (χ1v) is 10.8. The Balaban J connectivity index is 1.47. The first-order chi connectivity index (χ1) is 14.5. The lowest BCUT2D eigenvalue weighted by molar-refractivity contribution is 0.0773. The second kappa shape index (κ2) is 10.9. The van der Waals surface area contributed by atoms with Crippen LogP contribution in [0.25, 0.3) is 0 Å².